The summed E-state index contributed by atoms with van der Waals surface area (Å²) in [6.07, 6.45) is 5.68. The lowest BCUT2D eigenvalue weighted by Crippen LogP contribution is -2.35. The lowest BCUT2D eigenvalue weighted by Gasteiger charge is -2.21. The van der Waals surface area contributed by atoms with Gasteiger partial charge in [-0.3, -0.25) is 0 Å². The molecule has 0 unspecified atom stereocenters. The van der Waals surface area contributed by atoms with Crippen LogP contribution in [0.25, 0.3) is 0 Å². The number of rotatable bonds is 1. The largest absolute Gasteiger partial charge is 0.453 e. The average molecular weight is 194 g/mol. The Labute approximate surface area is 79.3 Å². The van der Waals surface area contributed by atoms with E-state index in [0.717, 1.165) is 12.8 Å². The number of carbonyl (C=O) groups excluding carboxylic acids is 1. The maximum Gasteiger partial charge on any atom is 0.407 e. The van der Waals surface area contributed by atoms with Crippen LogP contribution in [-0.4, -0.2) is 19.2 Å². The summed E-state index contributed by atoms with van der Waals surface area (Å²) in [4.78, 5) is 10.7. The van der Waals surface area contributed by atoms with Crippen molar-refractivity contribution in [1.82, 2.24) is 5.32 Å². The first-order valence-electron chi connectivity index (χ1n) is 4.17. The van der Waals surface area contributed by atoms with Gasteiger partial charge in [0.1, 0.15) is 0 Å². The van der Waals surface area contributed by atoms with Crippen molar-refractivity contribution >= 4 is 18.5 Å². The summed E-state index contributed by atoms with van der Waals surface area (Å²) in [5.74, 6) is 0. The van der Waals surface area contributed by atoms with Gasteiger partial charge in [-0.2, -0.15) is 0 Å². The summed E-state index contributed by atoms with van der Waals surface area (Å²) in [6, 6.07) is 0.358. The predicted molar refractivity (Wildman–Crippen MR) is 49.7 cm³/mol. The molecular weight excluding hydrogens is 178 g/mol. The van der Waals surface area contributed by atoms with Crippen LogP contribution in [0.2, 0.25) is 0 Å². The van der Waals surface area contributed by atoms with Gasteiger partial charge in [0.05, 0.1) is 7.11 Å². The van der Waals surface area contributed by atoms with Crippen molar-refractivity contribution in [3.63, 3.8) is 0 Å². The van der Waals surface area contributed by atoms with Gasteiger partial charge < -0.3 is 10.1 Å². The number of hydrogen-bond donors (Lipinski definition) is 1. The maximum atomic E-state index is 10.7. The molecule has 0 aromatic heterocycles. The molecule has 0 heterocycles. The molecule has 0 spiro atoms. The van der Waals surface area contributed by atoms with Gasteiger partial charge in [-0.05, 0) is 12.8 Å². The fourth-order valence-electron chi connectivity index (χ4n) is 1.47. The standard InChI is InChI=1S/C8H15NO2.ClH/c1-11-8(10)9-7-5-3-2-4-6-7;/h7H,2-6H2,1H3,(H,9,10);1H. The number of carbonyl (C=O) groups is 1. The quantitative estimate of drug-likeness (QED) is 0.693. The molecular formula is C8H16ClNO2. The summed E-state index contributed by atoms with van der Waals surface area (Å²) in [5.41, 5.74) is 0. The summed E-state index contributed by atoms with van der Waals surface area (Å²) in [6.45, 7) is 0. The second-order valence-corrected chi connectivity index (χ2v) is 2.97. The highest BCUT2D eigenvalue weighted by atomic mass is 35.5. The van der Waals surface area contributed by atoms with E-state index in [0.29, 0.717) is 6.04 Å². The normalized spacial score (nSPS) is 17.8. The molecule has 0 aromatic rings. The molecule has 1 fully saturated rings. The van der Waals surface area contributed by atoms with Gasteiger partial charge in [0.2, 0.25) is 0 Å². The van der Waals surface area contributed by atoms with Crippen molar-refractivity contribution in [2.24, 2.45) is 0 Å². The Kier molecular flexibility index (Phi) is 5.89. The lowest BCUT2D eigenvalue weighted by molar-refractivity contribution is 0.163. The van der Waals surface area contributed by atoms with Gasteiger partial charge >= 0.3 is 6.09 Å². The van der Waals surface area contributed by atoms with Crippen LogP contribution in [0.5, 0.6) is 0 Å². The monoisotopic (exact) mass is 193 g/mol. The van der Waals surface area contributed by atoms with E-state index in [1.807, 2.05) is 0 Å². The second kappa shape index (κ2) is 6.12. The highest BCUT2D eigenvalue weighted by molar-refractivity contribution is 5.85. The molecule has 0 aliphatic heterocycles. The smallest absolute Gasteiger partial charge is 0.407 e. The van der Waals surface area contributed by atoms with Crippen molar-refractivity contribution in [3.05, 3.63) is 0 Å². The third-order valence-corrected chi connectivity index (χ3v) is 2.11. The fourth-order valence-corrected chi connectivity index (χ4v) is 1.47. The Morgan fingerprint density at radius 3 is 2.42 bits per heavy atom. The molecule has 0 aromatic carbocycles. The highest BCUT2D eigenvalue weighted by Gasteiger charge is 2.14. The first-order valence-corrected chi connectivity index (χ1v) is 4.17. The van der Waals surface area contributed by atoms with E-state index in [1.165, 1.54) is 26.4 Å². The number of alkyl carbamates (subject to hydrolysis) is 1. The molecule has 0 saturated heterocycles. The average Bonchev–Trinajstić information content (AvgIpc) is 2.06. The van der Waals surface area contributed by atoms with Crippen LogP contribution in [0.3, 0.4) is 0 Å². The van der Waals surface area contributed by atoms with E-state index in [2.05, 4.69) is 10.1 Å². The second-order valence-electron chi connectivity index (χ2n) is 2.97. The lowest BCUT2D eigenvalue weighted by atomic mass is 9.96. The number of nitrogens with one attached hydrogen (secondary N) is 1. The molecule has 1 aliphatic carbocycles. The number of halogens is 1. The molecule has 4 heteroatoms. The van der Waals surface area contributed by atoms with Crippen LogP contribution in [0, 0.1) is 0 Å². The molecule has 1 aliphatic rings. The van der Waals surface area contributed by atoms with E-state index < -0.39 is 0 Å². The molecule has 3 nitrogen and oxygen atoms in total. The van der Waals surface area contributed by atoms with Crippen molar-refractivity contribution < 1.29 is 9.53 Å². The third-order valence-electron chi connectivity index (χ3n) is 2.11. The van der Waals surface area contributed by atoms with Crippen LogP contribution >= 0.6 is 12.4 Å². The number of methoxy groups -OCH3 is 1. The first kappa shape index (κ1) is 11.6. The summed E-state index contributed by atoms with van der Waals surface area (Å²) < 4.78 is 4.50. The number of ether oxygens (including phenoxy) is 1. The van der Waals surface area contributed by atoms with Gasteiger partial charge in [-0.15, -0.1) is 12.4 Å². The zero-order chi connectivity index (χ0) is 8.10. The Morgan fingerprint density at radius 2 is 1.92 bits per heavy atom. The maximum absolute atomic E-state index is 10.7. The minimum atomic E-state index is -0.295. The molecule has 0 atom stereocenters. The van der Waals surface area contributed by atoms with E-state index in [-0.39, 0.29) is 18.5 Å². The van der Waals surface area contributed by atoms with Gasteiger partial charge in [0.25, 0.3) is 0 Å². The predicted octanol–water partition coefficient (Wildman–Crippen LogP) is 2.10. The van der Waals surface area contributed by atoms with Crippen LogP contribution in [0.4, 0.5) is 4.79 Å². The van der Waals surface area contributed by atoms with Crippen molar-refractivity contribution in [3.8, 4) is 0 Å². The summed E-state index contributed by atoms with van der Waals surface area (Å²) in [7, 11) is 1.40. The number of amides is 1. The van der Waals surface area contributed by atoms with Crippen LogP contribution in [0.15, 0.2) is 0 Å². The highest BCUT2D eigenvalue weighted by Crippen LogP contribution is 2.17. The molecule has 1 saturated carbocycles. The SMILES string of the molecule is COC(=O)NC1CCCCC1.Cl. The number of hydrogen-bond acceptors (Lipinski definition) is 2. The van der Waals surface area contributed by atoms with Gasteiger partial charge in [0.15, 0.2) is 0 Å². The first-order chi connectivity index (χ1) is 5.33. The van der Waals surface area contributed by atoms with Crippen molar-refractivity contribution in [1.29, 1.82) is 0 Å². The zero-order valence-electron chi connectivity index (χ0n) is 7.34. The van der Waals surface area contributed by atoms with Crippen LogP contribution < -0.4 is 5.32 Å². The molecule has 1 N–H and O–H groups in total. The van der Waals surface area contributed by atoms with E-state index in [9.17, 15) is 4.79 Å². The minimum Gasteiger partial charge on any atom is -0.453 e. The molecule has 1 amide bonds. The van der Waals surface area contributed by atoms with Crippen molar-refractivity contribution in [2.75, 3.05) is 7.11 Å². The summed E-state index contributed by atoms with van der Waals surface area (Å²) >= 11 is 0. The fraction of sp³-hybridized carbons (Fsp3) is 0.875. The molecule has 72 valence electrons. The minimum absolute atomic E-state index is 0. The zero-order valence-corrected chi connectivity index (χ0v) is 8.15. The topological polar surface area (TPSA) is 38.3 Å². The Balaban J connectivity index is 0.00000121. The Hall–Kier alpha value is -0.440. The summed E-state index contributed by atoms with van der Waals surface area (Å²) in [5, 5.41) is 2.81. The van der Waals surface area contributed by atoms with Gasteiger partial charge in [-0.25, -0.2) is 4.79 Å². The van der Waals surface area contributed by atoms with Crippen LogP contribution in [0.1, 0.15) is 32.1 Å². The molecule has 12 heavy (non-hydrogen) atoms. The van der Waals surface area contributed by atoms with Gasteiger partial charge in [0, 0.05) is 6.04 Å². The van der Waals surface area contributed by atoms with Crippen LogP contribution in [-0.2, 0) is 4.74 Å². The van der Waals surface area contributed by atoms with E-state index in [1.54, 1.807) is 0 Å². The molecule has 0 bridgehead atoms. The van der Waals surface area contributed by atoms with E-state index in [4.69, 9.17) is 0 Å². The molecule has 0 radical (unpaired) electrons. The molecule has 1 rings (SSSR count). The third kappa shape index (κ3) is 3.81. The Morgan fingerprint density at radius 1 is 1.33 bits per heavy atom. The van der Waals surface area contributed by atoms with Crippen molar-refractivity contribution in [2.45, 2.75) is 38.1 Å². The van der Waals surface area contributed by atoms with Gasteiger partial charge in [-0.1, -0.05) is 19.3 Å². The van der Waals surface area contributed by atoms with E-state index >= 15 is 0 Å². The Bertz CT molecular complexity index is 135.